The smallest absolute Gasteiger partial charge is 0.410 e. The monoisotopic (exact) mass is 1420 g/mol. The van der Waals surface area contributed by atoms with Gasteiger partial charge >= 0.3 is 12.2 Å². The minimum atomic E-state index is -0.833. The van der Waals surface area contributed by atoms with Crippen molar-refractivity contribution in [2.24, 2.45) is 0 Å². The van der Waals surface area contributed by atoms with E-state index in [9.17, 15) is 9.59 Å². The van der Waals surface area contributed by atoms with Crippen LogP contribution in [-0.4, -0.2) is 183 Å². The number of hydrogen-bond acceptors (Lipinski definition) is 13. The molecule has 6 heterocycles. The minimum absolute atomic E-state index is 0. The standard InChI is InChI=1S/C24H29N3O2.C19H21N3.C12H8BrN.C12H22N2O2.2C2H4O2.ClH.Pd/c1-24(2,3)29-23(28)27-15-13-26(14-16-27)12-6-8-18-10-11-25-21-17-19-7-4-5-9-20(19)22(18)21;1-2-6-17-16(4-1)14-18-19(17)15(7-8-21-18)5-3-11-22-12-9-20-10-13-22;13-10-5-6-14-11-7-8-3-1-2-4-9(8)12(10)11;1-5-6-13-7-9-14(10-8-13)11(15)16-12(2,3)4;2*1-2(3)4;;/h4-11H,12-17H2,1-3H3;1-8,20H,9-14H2;1-6H,7H2;5H,1,6-10H2,2-4H3;2*1H3,(H,3,4);1H;/b8-6+;5-3+;;;;;;. The Balaban J connectivity index is 0.000000217. The molecular weight excluding hydrogens is 1330 g/mol. The number of aromatic nitrogens is 3. The van der Waals surface area contributed by atoms with Gasteiger partial charge in [-0.15, -0.1) is 19.0 Å². The Bertz CT molecular complexity index is 3420. The molecule has 3 aromatic carbocycles. The predicted octanol–water partition coefficient (Wildman–Crippen LogP) is 12.5. The third-order valence-electron chi connectivity index (χ3n) is 15.0. The molecule has 3 aliphatic carbocycles. The Kier molecular flexibility index (Phi) is 29.9. The van der Waals surface area contributed by atoms with E-state index in [0.717, 1.165) is 123 Å². The number of benzene rings is 3. The van der Waals surface area contributed by atoms with Crippen LogP contribution >= 0.6 is 28.3 Å². The van der Waals surface area contributed by atoms with Crippen LogP contribution in [0.4, 0.5) is 9.59 Å². The number of pyridine rings is 3. The summed E-state index contributed by atoms with van der Waals surface area (Å²) in [4.78, 5) is 66.2. The maximum atomic E-state index is 12.2. The first-order valence-electron chi connectivity index (χ1n) is 30.6. The van der Waals surface area contributed by atoms with Gasteiger partial charge in [-0.05, 0) is 104 Å². The van der Waals surface area contributed by atoms with Crippen LogP contribution in [0.3, 0.4) is 0 Å². The van der Waals surface area contributed by atoms with Gasteiger partial charge in [-0.1, -0.05) is 119 Å². The molecule has 6 aromatic rings. The number of carbonyl (C=O) groups is 4. The number of rotatable bonds is 8. The van der Waals surface area contributed by atoms with E-state index in [-0.39, 0.29) is 45.0 Å². The summed E-state index contributed by atoms with van der Waals surface area (Å²) in [6.45, 7) is 30.9. The van der Waals surface area contributed by atoms with Crippen molar-refractivity contribution in [2.45, 2.75) is 85.9 Å². The van der Waals surface area contributed by atoms with Crippen LogP contribution in [0.2, 0.25) is 0 Å². The molecule has 0 radical (unpaired) electrons. The summed E-state index contributed by atoms with van der Waals surface area (Å²) in [5.41, 5.74) is 17.2. The number of carbonyl (C=O) groups excluding carboxylic acids is 2. The van der Waals surface area contributed by atoms with Gasteiger partial charge in [-0.2, -0.15) is 0 Å². The third-order valence-corrected chi connectivity index (χ3v) is 15.7. The Labute approximate surface area is 566 Å². The van der Waals surface area contributed by atoms with E-state index in [0.29, 0.717) is 13.1 Å². The second kappa shape index (κ2) is 36.4. The number of nitrogens with one attached hydrogen (secondary N) is 1. The summed E-state index contributed by atoms with van der Waals surface area (Å²) in [7, 11) is 0. The third kappa shape index (κ3) is 23.3. The molecule has 3 N–H and O–H groups in total. The zero-order valence-electron chi connectivity index (χ0n) is 53.7. The zero-order valence-corrected chi connectivity index (χ0v) is 57.7. The number of fused-ring (bicyclic) bond motifs is 9. The van der Waals surface area contributed by atoms with E-state index in [1.165, 1.54) is 78.3 Å². The number of carboxylic acids is 2. The summed E-state index contributed by atoms with van der Waals surface area (Å²) >= 11 is 3.58. The van der Waals surface area contributed by atoms with Gasteiger partial charge in [0.05, 0.1) is 17.1 Å². The normalized spacial score (nSPS) is 15.3. The van der Waals surface area contributed by atoms with Gasteiger partial charge in [0, 0.05) is 191 Å². The van der Waals surface area contributed by atoms with E-state index in [1.807, 2.05) is 72.3 Å². The molecule has 0 saturated carbocycles. The first-order valence-corrected chi connectivity index (χ1v) is 31.4. The van der Waals surface area contributed by atoms with Crippen LogP contribution in [0, 0.1) is 0 Å². The number of aliphatic carboxylic acids is 2. The Morgan fingerprint density at radius 2 is 0.857 bits per heavy atom. The maximum absolute atomic E-state index is 12.2. The fraction of sp³-hybridized carbons (Fsp3) is 0.394. The molecule has 490 valence electrons. The van der Waals surface area contributed by atoms with E-state index in [4.69, 9.17) is 29.3 Å². The van der Waals surface area contributed by atoms with E-state index < -0.39 is 23.1 Å². The fourth-order valence-electron chi connectivity index (χ4n) is 11.0. The van der Waals surface area contributed by atoms with Crippen molar-refractivity contribution >= 4 is 64.6 Å². The molecule has 0 atom stereocenters. The number of amides is 2. The predicted molar refractivity (Wildman–Crippen MR) is 365 cm³/mol. The van der Waals surface area contributed by atoms with Crippen molar-refractivity contribution in [1.29, 1.82) is 0 Å². The summed E-state index contributed by atoms with van der Waals surface area (Å²) in [5, 5.41) is 18.2. The number of piperazine rings is 3. The van der Waals surface area contributed by atoms with Crippen LogP contribution in [0.5, 0.6) is 0 Å². The van der Waals surface area contributed by atoms with E-state index in [2.05, 4.69) is 167 Å². The van der Waals surface area contributed by atoms with Crippen molar-refractivity contribution in [2.75, 3.05) is 98.2 Å². The number of hydrogen-bond donors (Lipinski definition) is 3. The molecule has 3 saturated heterocycles. The van der Waals surface area contributed by atoms with Gasteiger partial charge in [-0.25, -0.2) is 9.59 Å². The second-order valence-corrected chi connectivity index (χ2v) is 25.1. The largest absolute Gasteiger partial charge is 0.481 e. The molecular formula is C71H89BrClN9O8Pd. The van der Waals surface area contributed by atoms with E-state index >= 15 is 0 Å². The number of carboxylic acid groups (broad SMARTS) is 2. The van der Waals surface area contributed by atoms with Crippen LogP contribution in [0.25, 0.3) is 45.5 Å². The SMILES string of the molecule is Brc1ccnc2c1-c1ccccc1C2.C(=C\c1ccnc2c1-c1ccccc1C2)/CN1CCNCC1.C=CCN1CCN(C(=O)OC(C)(C)C)CC1.CC(=O)O.CC(=O)O.CC(C)(C)OC(=O)N1CCN(C/C=C/c2ccnc3c2-c2ccccc2C3)CC1.Cl.[Pd]. The molecule has 0 bridgehead atoms. The zero-order chi connectivity index (χ0) is 64.1. The van der Waals surface area contributed by atoms with Gasteiger partial charge in [-0.3, -0.25) is 39.2 Å². The Hall–Kier alpha value is -6.92. The van der Waals surface area contributed by atoms with Gasteiger partial charge in [0.1, 0.15) is 11.2 Å². The quantitative estimate of drug-likeness (QED) is 0.0960. The summed E-state index contributed by atoms with van der Waals surface area (Å²) < 4.78 is 11.9. The molecule has 91 heavy (non-hydrogen) atoms. The fourth-order valence-corrected chi connectivity index (χ4v) is 11.6. The van der Waals surface area contributed by atoms with Crippen LogP contribution < -0.4 is 5.32 Å². The molecule has 0 unspecified atom stereocenters. The molecule has 0 spiro atoms. The van der Waals surface area contributed by atoms with Crippen molar-refractivity contribution in [3.05, 3.63) is 184 Å². The average Bonchev–Trinajstić information content (AvgIpc) is 1.70. The molecule has 20 heteroatoms. The summed E-state index contributed by atoms with van der Waals surface area (Å²) in [6.07, 6.45) is 19.0. The van der Waals surface area contributed by atoms with Gasteiger partial charge in [0.25, 0.3) is 11.9 Å². The summed E-state index contributed by atoms with van der Waals surface area (Å²) in [5.74, 6) is -1.67. The average molecular weight is 1420 g/mol. The Morgan fingerprint density at radius 3 is 1.23 bits per heavy atom. The molecule has 6 aliphatic rings. The Morgan fingerprint density at radius 1 is 0.527 bits per heavy atom. The molecule has 12 rings (SSSR count). The van der Waals surface area contributed by atoms with Crippen molar-refractivity contribution in [1.82, 2.24) is 44.8 Å². The van der Waals surface area contributed by atoms with Crippen molar-refractivity contribution in [3.8, 4) is 33.4 Å². The minimum Gasteiger partial charge on any atom is -0.481 e. The van der Waals surface area contributed by atoms with Crippen molar-refractivity contribution in [3.63, 3.8) is 0 Å². The topological polar surface area (TPSA) is 194 Å². The summed E-state index contributed by atoms with van der Waals surface area (Å²) in [6, 6.07) is 32.0. The maximum Gasteiger partial charge on any atom is 0.410 e. The van der Waals surface area contributed by atoms with E-state index in [1.54, 1.807) is 9.80 Å². The first-order chi connectivity index (χ1) is 42.6. The van der Waals surface area contributed by atoms with Gasteiger partial charge < -0.3 is 34.8 Å². The molecule has 3 aliphatic heterocycles. The second-order valence-electron chi connectivity index (χ2n) is 24.3. The number of halogens is 2. The molecule has 17 nitrogen and oxygen atoms in total. The van der Waals surface area contributed by atoms with Crippen molar-refractivity contribution < 1.29 is 59.3 Å². The number of nitrogens with zero attached hydrogens (tertiary/aromatic N) is 8. The van der Waals surface area contributed by atoms with Crippen LogP contribution in [-0.2, 0) is 58.7 Å². The molecule has 3 fully saturated rings. The van der Waals surface area contributed by atoms with Crippen LogP contribution in [0.1, 0.15) is 100 Å². The molecule has 2 amide bonds. The number of ether oxygens (including phenoxy) is 2. The van der Waals surface area contributed by atoms with Gasteiger partial charge in [0.15, 0.2) is 0 Å². The first kappa shape index (κ1) is 74.8. The molecule has 3 aromatic heterocycles. The van der Waals surface area contributed by atoms with Gasteiger partial charge in [0.2, 0.25) is 0 Å². The van der Waals surface area contributed by atoms with Crippen LogP contribution in [0.15, 0.2) is 139 Å².